The Labute approximate surface area is 114 Å². The summed E-state index contributed by atoms with van der Waals surface area (Å²) in [6.07, 6.45) is 1.58. The maximum atomic E-state index is 12.5. The maximum Gasteiger partial charge on any atom is 0.266 e. The third kappa shape index (κ3) is 1.90. The van der Waals surface area contributed by atoms with Crippen LogP contribution in [0.3, 0.4) is 0 Å². The van der Waals surface area contributed by atoms with E-state index in [1.165, 1.54) is 4.57 Å². The first-order chi connectivity index (χ1) is 9.18. The highest BCUT2D eigenvalue weighted by atomic mass is 35.5. The molecule has 0 amide bonds. The van der Waals surface area contributed by atoms with Gasteiger partial charge in [-0.1, -0.05) is 23.7 Å². The highest BCUT2D eigenvalue weighted by Crippen LogP contribution is 2.18. The highest BCUT2D eigenvalue weighted by Gasteiger charge is 2.12. The summed E-state index contributed by atoms with van der Waals surface area (Å²) in [5.41, 5.74) is 1.09. The Hall–Kier alpha value is -2.20. The molecule has 0 saturated heterocycles. The number of benzene rings is 1. The van der Waals surface area contributed by atoms with Crippen LogP contribution in [-0.4, -0.2) is 14.5 Å². The van der Waals surface area contributed by atoms with Crippen molar-refractivity contribution in [3.8, 4) is 5.69 Å². The van der Waals surface area contributed by atoms with Gasteiger partial charge in [-0.3, -0.25) is 9.36 Å². The molecule has 0 radical (unpaired) electrons. The summed E-state index contributed by atoms with van der Waals surface area (Å²) in [6, 6.07) is 10.7. The molecule has 2 aromatic heterocycles. The van der Waals surface area contributed by atoms with Crippen molar-refractivity contribution in [3.05, 3.63) is 63.9 Å². The van der Waals surface area contributed by atoms with E-state index in [1.807, 2.05) is 18.2 Å². The van der Waals surface area contributed by atoms with Crippen LogP contribution in [0.4, 0.5) is 0 Å². The molecule has 19 heavy (non-hydrogen) atoms. The second-order valence-corrected chi connectivity index (χ2v) is 4.49. The third-order valence-electron chi connectivity index (χ3n) is 2.92. The fourth-order valence-corrected chi connectivity index (χ4v) is 2.28. The molecule has 0 aliphatic carbocycles. The van der Waals surface area contributed by atoms with Gasteiger partial charge in [-0.25, -0.2) is 9.97 Å². The average Bonchev–Trinajstić information content (AvgIpc) is 2.41. The highest BCUT2D eigenvalue weighted by molar-refractivity contribution is 6.31. The Bertz CT molecular complexity index is 826. The van der Waals surface area contributed by atoms with Crippen molar-refractivity contribution in [2.75, 3.05) is 0 Å². The summed E-state index contributed by atoms with van der Waals surface area (Å²) >= 11 is 6.06. The average molecular weight is 272 g/mol. The van der Waals surface area contributed by atoms with Crippen LogP contribution in [0.2, 0.25) is 5.15 Å². The van der Waals surface area contributed by atoms with Gasteiger partial charge in [0, 0.05) is 6.20 Å². The number of fused-ring (bicyclic) bond motifs is 1. The lowest BCUT2D eigenvalue weighted by Gasteiger charge is -2.11. The predicted octanol–water partition coefficient (Wildman–Crippen LogP) is 2.74. The second-order valence-electron chi connectivity index (χ2n) is 4.13. The molecule has 0 unspecified atom stereocenters. The van der Waals surface area contributed by atoms with Gasteiger partial charge in [-0.05, 0) is 31.2 Å². The Balaban J connectivity index is 2.43. The maximum absolute atomic E-state index is 12.5. The minimum atomic E-state index is -0.141. The van der Waals surface area contributed by atoms with Crippen molar-refractivity contribution in [2.24, 2.45) is 0 Å². The van der Waals surface area contributed by atoms with E-state index in [0.717, 1.165) is 0 Å². The smallest absolute Gasteiger partial charge is 0.266 e. The van der Waals surface area contributed by atoms with Crippen molar-refractivity contribution in [2.45, 2.75) is 6.92 Å². The van der Waals surface area contributed by atoms with Gasteiger partial charge in [0.1, 0.15) is 5.82 Å². The number of nitrogens with zero attached hydrogens (tertiary/aromatic N) is 3. The van der Waals surface area contributed by atoms with Gasteiger partial charge in [0.25, 0.3) is 5.56 Å². The van der Waals surface area contributed by atoms with E-state index in [9.17, 15) is 4.79 Å². The first-order valence-electron chi connectivity index (χ1n) is 5.78. The van der Waals surface area contributed by atoms with Gasteiger partial charge in [0.05, 0.1) is 16.6 Å². The first kappa shape index (κ1) is 11.9. The minimum Gasteiger partial charge on any atom is -0.268 e. The summed E-state index contributed by atoms with van der Waals surface area (Å²) in [7, 11) is 0. The molecular formula is C14H10ClN3O. The van der Waals surface area contributed by atoms with Crippen LogP contribution in [0, 0.1) is 6.92 Å². The molecular weight excluding hydrogens is 262 g/mol. The van der Waals surface area contributed by atoms with E-state index in [2.05, 4.69) is 9.97 Å². The molecule has 5 heteroatoms. The van der Waals surface area contributed by atoms with Gasteiger partial charge in [-0.2, -0.15) is 0 Å². The molecule has 0 N–H and O–H groups in total. The van der Waals surface area contributed by atoms with Crippen molar-refractivity contribution < 1.29 is 0 Å². The lowest BCUT2D eigenvalue weighted by atomic mass is 10.2. The lowest BCUT2D eigenvalue weighted by Crippen LogP contribution is -2.22. The number of pyridine rings is 1. The van der Waals surface area contributed by atoms with E-state index in [0.29, 0.717) is 22.4 Å². The van der Waals surface area contributed by atoms with Gasteiger partial charge in [0.2, 0.25) is 0 Å². The van der Waals surface area contributed by atoms with Crippen molar-refractivity contribution in [3.63, 3.8) is 0 Å². The topological polar surface area (TPSA) is 47.8 Å². The summed E-state index contributed by atoms with van der Waals surface area (Å²) in [5, 5.41) is 0.845. The number of para-hydroxylation sites is 1. The standard InChI is InChI=1S/C14H10ClN3O/c1-9-17-11-6-3-2-5-10(11)14(19)18(9)12-7-4-8-16-13(12)15/h2-8H,1H3. The van der Waals surface area contributed by atoms with Crippen molar-refractivity contribution in [1.29, 1.82) is 0 Å². The number of hydrogen-bond donors (Lipinski definition) is 0. The summed E-state index contributed by atoms with van der Waals surface area (Å²) in [4.78, 5) is 21.0. The molecule has 0 fully saturated rings. The Morgan fingerprint density at radius 1 is 1.16 bits per heavy atom. The molecule has 0 aliphatic heterocycles. The normalized spacial score (nSPS) is 10.8. The van der Waals surface area contributed by atoms with Crippen LogP contribution < -0.4 is 5.56 Å². The van der Waals surface area contributed by atoms with Crippen molar-refractivity contribution >= 4 is 22.5 Å². The SMILES string of the molecule is Cc1nc2ccccc2c(=O)n1-c1cccnc1Cl. The molecule has 0 spiro atoms. The largest absolute Gasteiger partial charge is 0.268 e. The van der Waals surface area contributed by atoms with E-state index in [1.54, 1.807) is 31.3 Å². The van der Waals surface area contributed by atoms with Crippen LogP contribution in [0.25, 0.3) is 16.6 Å². The number of halogens is 1. The quantitative estimate of drug-likeness (QED) is 0.640. The van der Waals surface area contributed by atoms with E-state index in [-0.39, 0.29) is 10.7 Å². The summed E-state index contributed by atoms with van der Waals surface area (Å²) in [6.45, 7) is 1.77. The van der Waals surface area contributed by atoms with Gasteiger partial charge < -0.3 is 0 Å². The number of aryl methyl sites for hydroxylation is 1. The molecule has 94 valence electrons. The third-order valence-corrected chi connectivity index (χ3v) is 3.21. The Morgan fingerprint density at radius 3 is 2.74 bits per heavy atom. The Morgan fingerprint density at radius 2 is 1.95 bits per heavy atom. The van der Waals surface area contributed by atoms with E-state index < -0.39 is 0 Å². The molecule has 3 aromatic rings. The number of aromatic nitrogens is 3. The summed E-state index contributed by atoms with van der Waals surface area (Å²) < 4.78 is 1.48. The number of rotatable bonds is 1. The fourth-order valence-electron chi connectivity index (χ4n) is 2.07. The zero-order valence-electron chi connectivity index (χ0n) is 10.2. The molecule has 4 nitrogen and oxygen atoms in total. The fraction of sp³-hybridized carbons (Fsp3) is 0.0714. The van der Waals surface area contributed by atoms with Gasteiger partial charge in [-0.15, -0.1) is 0 Å². The monoisotopic (exact) mass is 271 g/mol. The molecule has 0 saturated carbocycles. The van der Waals surface area contributed by atoms with E-state index >= 15 is 0 Å². The minimum absolute atomic E-state index is 0.141. The first-order valence-corrected chi connectivity index (χ1v) is 6.15. The molecule has 1 aromatic carbocycles. The molecule has 2 heterocycles. The van der Waals surface area contributed by atoms with Crippen LogP contribution in [0.5, 0.6) is 0 Å². The van der Waals surface area contributed by atoms with Gasteiger partial charge in [0.15, 0.2) is 5.15 Å². The molecule has 0 atom stereocenters. The van der Waals surface area contributed by atoms with Crippen LogP contribution in [0.15, 0.2) is 47.4 Å². The van der Waals surface area contributed by atoms with Crippen LogP contribution >= 0.6 is 11.6 Å². The van der Waals surface area contributed by atoms with Gasteiger partial charge >= 0.3 is 0 Å². The number of hydrogen-bond acceptors (Lipinski definition) is 3. The molecule has 0 aliphatic rings. The predicted molar refractivity (Wildman–Crippen MR) is 74.9 cm³/mol. The zero-order valence-corrected chi connectivity index (χ0v) is 10.9. The summed E-state index contributed by atoms with van der Waals surface area (Å²) in [5.74, 6) is 0.582. The Kier molecular flexibility index (Phi) is 2.80. The van der Waals surface area contributed by atoms with Crippen LogP contribution in [0.1, 0.15) is 5.82 Å². The molecule has 3 rings (SSSR count). The lowest BCUT2D eigenvalue weighted by molar-refractivity contribution is 0.889. The molecule has 0 bridgehead atoms. The van der Waals surface area contributed by atoms with Crippen molar-refractivity contribution in [1.82, 2.24) is 14.5 Å². The van der Waals surface area contributed by atoms with E-state index in [4.69, 9.17) is 11.6 Å². The second kappa shape index (κ2) is 4.48. The zero-order chi connectivity index (χ0) is 13.4. The van der Waals surface area contributed by atoms with Crippen LogP contribution in [-0.2, 0) is 0 Å².